The molecule has 6 nitrogen and oxygen atoms in total. The first-order valence-electron chi connectivity index (χ1n) is 9.75. The first-order chi connectivity index (χ1) is 14.4. The lowest BCUT2D eigenvalue weighted by Gasteiger charge is -2.22. The summed E-state index contributed by atoms with van der Waals surface area (Å²) in [6.07, 6.45) is 0.887. The van der Waals surface area contributed by atoms with E-state index in [2.05, 4.69) is 20.4 Å². The van der Waals surface area contributed by atoms with Gasteiger partial charge >= 0.3 is 6.61 Å². The summed E-state index contributed by atoms with van der Waals surface area (Å²) in [5.74, 6) is 0.713. The number of amides is 1. The highest BCUT2D eigenvalue weighted by Gasteiger charge is 2.10. The molecule has 0 bridgehead atoms. The van der Waals surface area contributed by atoms with Crippen LogP contribution in [0.15, 0.2) is 53.5 Å². The Hall–Kier alpha value is -3.16. The molecule has 2 rings (SSSR count). The normalized spacial score (nSPS) is 11.3. The highest BCUT2D eigenvalue weighted by Crippen LogP contribution is 2.16. The van der Waals surface area contributed by atoms with Crippen molar-refractivity contribution in [1.29, 1.82) is 0 Å². The molecule has 2 aromatic carbocycles. The van der Waals surface area contributed by atoms with Crippen LogP contribution in [0.1, 0.15) is 34.8 Å². The number of nitrogens with zero attached hydrogens (tertiary/aromatic N) is 2. The first kappa shape index (κ1) is 23.1. The fraction of sp³-hybridized carbons (Fsp3) is 0.364. The smallest absolute Gasteiger partial charge is 0.387 e. The minimum Gasteiger partial charge on any atom is -0.435 e. The van der Waals surface area contributed by atoms with E-state index in [0.29, 0.717) is 31.2 Å². The molecular weight excluding hydrogens is 390 g/mol. The topological polar surface area (TPSA) is 66.0 Å². The summed E-state index contributed by atoms with van der Waals surface area (Å²) in [7, 11) is 3.57. The number of alkyl halides is 2. The molecule has 0 radical (unpaired) electrons. The zero-order valence-electron chi connectivity index (χ0n) is 17.5. The third-order valence-corrected chi connectivity index (χ3v) is 4.32. The Kier molecular flexibility index (Phi) is 9.05. The quantitative estimate of drug-likeness (QED) is 0.482. The van der Waals surface area contributed by atoms with Gasteiger partial charge in [0, 0.05) is 39.3 Å². The summed E-state index contributed by atoms with van der Waals surface area (Å²) in [6.45, 7) is 0.862. The molecule has 0 atom stereocenters. The Bertz CT molecular complexity index is 841. The van der Waals surface area contributed by atoms with Crippen LogP contribution in [-0.2, 0) is 13.1 Å². The maximum absolute atomic E-state index is 12.3. The van der Waals surface area contributed by atoms with Crippen LogP contribution in [0.4, 0.5) is 8.78 Å². The standard InChI is InChI=1S/C22H28F2N4O2/c1-4-12-26-20(29)18-7-5-6-17(13-18)14-27-22(25-2)28(3)15-16-8-10-19(11-9-16)30-21(23)24/h5-11,13,21H,4,12,14-15H2,1-3H3,(H,25,27)(H,26,29). The Labute approximate surface area is 175 Å². The van der Waals surface area contributed by atoms with Gasteiger partial charge in [-0.3, -0.25) is 9.79 Å². The van der Waals surface area contributed by atoms with E-state index < -0.39 is 6.61 Å². The summed E-state index contributed by atoms with van der Waals surface area (Å²) in [5, 5.41) is 6.14. The summed E-state index contributed by atoms with van der Waals surface area (Å²) in [5.41, 5.74) is 2.51. The van der Waals surface area contributed by atoms with Crippen LogP contribution in [-0.4, -0.2) is 44.0 Å². The van der Waals surface area contributed by atoms with Gasteiger partial charge in [0.2, 0.25) is 0 Å². The summed E-state index contributed by atoms with van der Waals surface area (Å²) in [4.78, 5) is 18.3. The molecule has 0 heterocycles. The molecule has 8 heteroatoms. The van der Waals surface area contributed by atoms with E-state index in [-0.39, 0.29) is 11.7 Å². The number of ether oxygens (including phenoxy) is 1. The molecule has 162 valence electrons. The third-order valence-electron chi connectivity index (χ3n) is 4.32. The molecule has 0 spiro atoms. The van der Waals surface area contributed by atoms with Crippen LogP contribution in [0, 0.1) is 0 Å². The molecule has 0 unspecified atom stereocenters. The van der Waals surface area contributed by atoms with Gasteiger partial charge in [0.25, 0.3) is 5.91 Å². The van der Waals surface area contributed by atoms with Gasteiger partial charge in [-0.1, -0.05) is 31.2 Å². The van der Waals surface area contributed by atoms with Crippen molar-refractivity contribution in [2.24, 2.45) is 4.99 Å². The minimum absolute atomic E-state index is 0.0838. The number of benzene rings is 2. The van der Waals surface area contributed by atoms with E-state index in [4.69, 9.17) is 0 Å². The van der Waals surface area contributed by atoms with E-state index in [1.165, 1.54) is 12.1 Å². The second-order valence-corrected chi connectivity index (χ2v) is 6.74. The Morgan fingerprint density at radius 1 is 1.13 bits per heavy atom. The lowest BCUT2D eigenvalue weighted by Crippen LogP contribution is -2.38. The molecule has 0 aromatic heterocycles. The van der Waals surface area contributed by atoms with Gasteiger partial charge in [0.05, 0.1) is 0 Å². The molecule has 2 aromatic rings. The Morgan fingerprint density at radius 2 is 1.87 bits per heavy atom. The SMILES string of the molecule is CCCNC(=O)c1cccc(CNC(=NC)N(C)Cc2ccc(OC(F)F)cc2)c1. The molecule has 2 N–H and O–H groups in total. The first-order valence-corrected chi connectivity index (χ1v) is 9.75. The maximum Gasteiger partial charge on any atom is 0.387 e. The number of halogens is 2. The molecule has 0 saturated heterocycles. The number of hydrogen-bond acceptors (Lipinski definition) is 3. The van der Waals surface area contributed by atoms with E-state index in [9.17, 15) is 13.6 Å². The van der Waals surface area contributed by atoms with E-state index in [1.54, 1.807) is 25.2 Å². The van der Waals surface area contributed by atoms with Crippen molar-refractivity contribution in [2.45, 2.75) is 33.0 Å². The van der Waals surface area contributed by atoms with Crippen LogP contribution in [0.5, 0.6) is 5.75 Å². The van der Waals surface area contributed by atoms with Crippen LogP contribution < -0.4 is 15.4 Å². The van der Waals surface area contributed by atoms with Crippen molar-refractivity contribution in [2.75, 3.05) is 20.6 Å². The molecule has 1 amide bonds. The number of aliphatic imine (C=N–C) groups is 1. The monoisotopic (exact) mass is 418 g/mol. The van der Waals surface area contributed by atoms with Crippen molar-refractivity contribution in [1.82, 2.24) is 15.5 Å². The summed E-state index contributed by atoms with van der Waals surface area (Å²) < 4.78 is 28.9. The van der Waals surface area contributed by atoms with Crippen molar-refractivity contribution in [3.63, 3.8) is 0 Å². The molecule has 0 aliphatic heterocycles. The highest BCUT2D eigenvalue weighted by molar-refractivity contribution is 5.94. The lowest BCUT2D eigenvalue weighted by atomic mass is 10.1. The number of nitrogens with one attached hydrogen (secondary N) is 2. The van der Waals surface area contributed by atoms with Crippen LogP contribution in [0.3, 0.4) is 0 Å². The third kappa shape index (κ3) is 7.35. The molecule has 0 aliphatic rings. The molecule has 0 fully saturated rings. The number of carbonyl (C=O) groups is 1. The van der Waals surface area contributed by atoms with E-state index in [1.807, 2.05) is 37.1 Å². The zero-order valence-corrected chi connectivity index (χ0v) is 17.5. The minimum atomic E-state index is -2.84. The van der Waals surface area contributed by atoms with Crippen LogP contribution in [0.25, 0.3) is 0 Å². The van der Waals surface area contributed by atoms with Crippen molar-refractivity contribution in [3.05, 3.63) is 65.2 Å². The predicted octanol–water partition coefficient (Wildman–Crippen LogP) is 3.64. The number of rotatable bonds is 9. The molecule has 30 heavy (non-hydrogen) atoms. The van der Waals surface area contributed by atoms with Gasteiger partial charge in [-0.2, -0.15) is 8.78 Å². The molecular formula is C22H28F2N4O2. The average Bonchev–Trinajstić information content (AvgIpc) is 2.73. The second-order valence-electron chi connectivity index (χ2n) is 6.74. The fourth-order valence-corrected chi connectivity index (χ4v) is 2.85. The van der Waals surface area contributed by atoms with Crippen LogP contribution >= 0.6 is 0 Å². The highest BCUT2D eigenvalue weighted by atomic mass is 19.3. The largest absolute Gasteiger partial charge is 0.435 e. The van der Waals surface area contributed by atoms with Crippen LogP contribution in [0.2, 0.25) is 0 Å². The van der Waals surface area contributed by atoms with Gasteiger partial charge < -0.3 is 20.3 Å². The van der Waals surface area contributed by atoms with Gasteiger partial charge in [0.15, 0.2) is 5.96 Å². The van der Waals surface area contributed by atoms with Crippen molar-refractivity contribution in [3.8, 4) is 5.75 Å². The lowest BCUT2D eigenvalue weighted by molar-refractivity contribution is -0.0498. The van der Waals surface area contributed by atoms with Gasteiger partial charge in [-0.15, -0.1) is 0 Å². The van der Waals surface area contributed by atoms with Gasteiger partial charge in [-0.25, -0.2) is 0 Å². The Balaban J connectivity index is 1.93. The Morgan fingerprint density at radius 3 is 2.50 bits per heavy atom. The predicted molar refractivity (Wildman–Crippen MR) is 114 cm³/mol. The van der Waals surface area contributed by atoms with E-state index in [0.717, 1.165) is 17.5 Å². The zero-order chi connectivity index (χ0) is 21.9. The van der Waals surface area contributed by atoms with Crippen molar-refractivity contribution < 1.29 is 18.3 Å². The van der Waals surface area contributed by atoms with Gasteiger partial charge in [-0.05, 0) is 41.8 Å². The second kappa shape index (κ2) is 11.7. The van der Waals surface area contributed by atoms with Crippen molar-refractivity contribution >= 4 is 11.9 Å². The number of carbonyl (C=O) groups excluding carboxylic acids is 1. The average molecular weight is 418 g/mol. The van der Waals surface area contributed by atoms with Gasteiger partial charge in [0.1, 0.15) is 5.75 Å². The molecule has 0 saturated carbocycles. The molecule has 0 aliphatic carbocycles. The summed E-state index contributed by atoms with van der Waals surface area (Å²) >= 11 is 0. The fourth-order valence-electron chi connectivity index (χ4n) is 2.85. The maximum atomic E-state index is 12.3. The summed E-state index contributed by atoms with van der Waals surface area (Å²) in [6, 6.07) is 13.9. The van der Waals surface area contributed by atoms with E-state index >= 15 is 0 Å². The number of guanidine groups is 1. The number of hydrogen-bond donors (Lipinski definition) is 2.